The molecule has 0 aromatic heterocycles. The van der Waals surface area contributed by atoms with Crippen molar-refractivity contribution in [3.05, 3.63) is 28.3 Å². The number of nitro groups is 1. The molecule has 0 aliphatic carbocycles. The van der Waals surface area contributed by atoms with Crippen LogP contribution in [0.25, 0.3) is 0 Å². The molecule has 18 heavy (non-hydrogen) atoms. The smallest absolute Gasteiger partial charge is 0.311 e. The third kappa shape index (κ3) is 2.89. The summed E-state index contributed by atoms with van der Waals surface area (Å²) in [5.41, 5.74) is 0.865. The van der Waals surface area contributed by atoms with Gasteiger partial charge in [0.15, 0.2) is 5.75 Å². The molecule has 1 unspecified atom stereocenters. The van der Waals surface area contributed by atoms with E-state index in [9.17, 15) is 10.1 Å². The van der Waals surface area contributed by atoms with Gasteiger partial charge in [0.05, 0.1) is 11.5 Å². The zero-order chi connectivity index (χ0) is 13.0. The molecular weight excluding hydrogens is 234 g/mol. The average molecular weight is 251 g/mol. The van der Waals surface area contributed by atoms with Gasteiger partial charge in [0.2, 0.25) is 0 Å². The van der Waals surface area contributed by atoms with Gasteiger partial charge in [0.1, 0.15) is 0 Å². The lowest BCUT2D eigenvalue weighted by atomic mass is 10.2. The summed E-state index contributed by atoms with van der Waals surface area (Å²) in [5.74, 6) is 0.318. The molecule has 0 spiro atoms. The van der Waals surface area contributed by atoms with Crippen molar-refractivity contribution in [1.82, 2.24) is 5.32 Å². The quantitative estimate of drug-likeness (QED) is 0.616. The summed E-state index contributed by atoms with van der Waals surface area (Å²) < 4.78 is 5.31. The summed E-state index contributed by atoms with van der Waals surface area (Å²) in [6.45, 7) is 4.14. The van der Waals surface area contributed by atoms with Gasteiger partial charge < -0.3 is 15.4 Å². The second-order valence-corrected chi connectivity index (χ2v) is 4.21. The van der Waals surface area contributed by atoms with Crippen LogP contribution in [0.5, 0.6) is 5.75 Å². The van der Waals surface area contributed by atoms with E-state index in [1.54, 1.807) is 12.1 Å². The highest BCUT2D eigenvalue weighted by atomic mass is 16.6. The Morgan fingerprint density at radius 1 is 1.61 bits per heavy atom. The normalized spacial score (nSPS) is 18.6. The van der Waals surface area contributed by atoms with E-state index in [4.69, 9.17) is 4.74 Å². The number of nitrogens with one attached hydrogen (secondary N) is 2. The second kappa shape index (κ2) is 5.68. The summed E-state index contributed by atoms with van der Waals surface area (Å²) in [6, 6.07) is 5.27. The molecule has 2 N–H and O–H groups in total. The van der Waals surface area contributed by atoms with E-state index in [2.05, 4.69) is 10.6 Å². The molecule has 1 atom stereocenters. The van der Waals surface area contributed by atoms with Gasteiger partial charge >= 0.3 is 5.69 Å². The molecule has 0 amide bonds. The molecule has 0 radical (unpaired) electrons. The Balaban J connectivity index is 2.16. The van der Waals surface area contributed by atoms with Crippen LogP contribution >= 0.6 is 0 Å². The highest BCUT2D eigenvalue weighted by Gasteiger charge is 2.18. The van der Waals surface area contributed by atoms with E-state index in [1.807, 2.05) is 6.92 Å². The van der Waals surface area contributed by atoms with Crippen LogP contribution in [0.4, 0.5) is 11.4 Å². The lowest BCUT2D eigenvalue weighted by Gasteiger charge is -2.14. The molecule has 1 aliphatic heterocycles. The summed E-state index contributed by atoms with van der Waals surface area (Å²) >= 11 is 0. The number of anilines is 1. The van der Waals surface area contributed by atoms with Crippen molar-refractivity contribution in [2.24, 2.45) is 0 Å². The highest BCUT2D eigenvalue weighted by molar-refractivity contribution is 5.58. The minimum Gasteiger partial charge on any atom is -0.487 e. The number of hydrogen-bond acceptors (Lipinski definition) is 5. The molecule has 1 heterocycles. The minimum absolute atomic E-state index is 0.00643. The van der Waals surface area contributed by atoms with Crippen molar-refractivity contribution in [2.75, 3.05) is 25.0 Å². The van der Waals surface area contributed by atoms with Crippen LogP contribution < -0.4 is 15.4 Å². The topological polar surface area (TPSA) is 76.4 Å². The second-order valence-electron chi connectivity index (χ2n) is 4.21. The molecule has 1 saturated heterocycles. The number of hydrogen-bond donors (Lipinski definition) is 2. The van der Waals surface area contributed by atoms with Gasteiger partial charge in [-0.3, -0.25) is 10.1 Å². The Kier molecular flexibility index (Phi) is 3.99. The molecule has 6 heteroatoms. The number of nitro benzene ring substituents is 1. The van der Waals surface area contributed by atoms with Crippen LogP contribution in [-0.2, 0) is 0 Å². The van der Waals surface area contributed by atoms with Crippen LogP contribution in [0.15, 0.2) is 18.2 Å². The van der Waals surface area contributed by atoms with E-state index in [0.29, 0.717) is 18.4 Å². The monoisotopic (exact) mass is 251 g/mol. The lowest BCUT2D eigenvalue weighted by molar-refractivity contribution is -0.385. The number of benzene rings is 1. The van der Waals surface area contributed by atoms with E-state index >= 15 is 0 Å². The largest absolute Gasteiger partial charge is 0.487 e. The van der Waals surface area contributed by atoms with Crippen molar-refractivity contribution in [2.45, 2.75) is 19.4 Å². The molecule has 2 rings (SSSR count). The number of rotatable bonds is 5. The summed E-state index contributed by atoms with van der Waals surface area (Å²) in [7, 11) is 0. The third-order valence-corrected chi connectivity index (χ3v) is 2.89. The predicted octanol–water partition coefficient (Wildman–Crippen LogP) is 1.77. The molecular formula is C12H17N3O3. The standard InChI is InChI=1S/C12H17N3O3/c1-2-18-12-7-9(3-4-11(12)15(16)17)14-10-5-6-13-8-10/h3-4,7,10,13-14H,2,5-6,8H2,1H3. The van der Waals surface area contributed by atoms with Crippen molar-refractivity contribution in [3.63, 3.8) is 0 Å². The molecule has 1 aromatic rings. The van der Waals surface area contributed by atoms with Gasteiger partial charge in [-0.2, -0.15) is 0 Å². The first-order valence-electron chi connectivity index (χ1n) is 6.09. The van der Waals surface area contributed by atoms with Crippen LogP contribution in [0, 0.1) is 10.1 Å². The van der Waals surface area contributed by atoms with Crippen LogP contribution in [-0.4, -0.2) is 30.7 Å². The zero-order valence-electron chi connectivity index (χ0n) is 10.3. The van der Waals surface area contributed by atoms with Crippen molar-refractivity contribution < 1.29 is 9.66 Å². The van der Waals surface area contributed by atoms with Crippen LogP contribution in [0.1, 0.15) is 13.3 Å². The maximum atomic E-state index is 10.8. The van der Waals surface area contributed by atoms with E-state index in [1.165, 1.54) is 6.07 Å². The van der Waals surface area contributed by atoms with Crippen molar-refractivity contribution in [1.29, 1.82) is 0 Å². The fraction of sp³-hybridized carbons (Fsp3) is 0.500. The van der Waals surface area contributed by atoms with Gasteiger partial charge in [0.25, 0.3) is 0 Å². The van der Waals surface area contributed by atoms with Gasteiger partial charge in [0, 0.05) is 30.4 Å². The molecule has 98 valence electrons. The SMILES string of the molecule is CCOc1cc(NC2CCNC2)ccc1[N+](=O)[O-]. The third-order valence-electron chi connectivity index (χ3n) is 2.89. The summed E-state index contributed by atoms with van der Waals surface area (Å²) in [4.78, 5) is 10.4. The first-order valence-corrected chi connectivity index (χ1v) is 6.09. The Morgan fingerprint density at radius 2 is 2.44 bits per heavy atom. The maximum absolute atomic E-state index is 10.8. The zero-order valence-corrected chi connectivity index (χ0v) is 10.3. The first-order chi connectivity index (χ1) is 8.70. The Bertz CT molecular complexity index is 431. The number of ether oxygens (including phenoxy) is 1. The Morgan fingerprint density at radius 3 is 3.06 bits per heavy atom. The van der Waals surface area contributed by atoms with E-state index in [-0.39, 0.29) is 5.69 Å². The minimum atomic E-state index is -0.425. The van der Waals surface area contributed by atoms with Gasteiger partial charge in [-0.05, 0) is 26.0 Å². The van der Waals surface area contributed by atoms with E-state index in [0.717, 1.165) is 25.2 Å². The van der Waals surface area contributed by atoms with Gasteiger partial charge in [-0.1, -0.05) is 0 Å². The van der Waals surface area contributed by atoms with Gasteiger partial charge in [-0.15, -0.1) is 0 Å². The molecule has 0 saturated carbocycles. The molecule has 1 fully saturated rings. The van der Waals surface area contributed by atoms with Crippen LogP contribution in [0.2, 0.25) is 0 Å². The van der Waals surface area contributed by atoms with Crippen LogP contribution in [0.3, 0.4) is 0 Å². The molecule has 6 nitrogen and oxygen atoms in total. The maximum Gasteiger partial charge on any atom is 0.311 e. The van der Waals surface area contributed by atoms with E-state index < -0.39 is 4.92 Å². The predicted molar refractivity (Wildman–Crippen MR) is 69.2 cm³/mol. The average Bonchev–Trinajstić information content (AvgIpc) is 2.82. The molecule has 0 bridgehead atoms. The fourth-order valence-corrected chi connectivity index (χ4v) is 2.04. The molecule has 1 aliphatic rings. The summed E-state index contributed by atoms with van der Waals surface area (Å²) in [6.07, 6.45) is 1.06. The van der Waals surface area contributed by atoms with Gasteiger partial charge in [-0.25, -0.2) is 0 Å². The van der Waals surface area contributed by atoms with Crippen molar-refractivity contribution >= 4 is 11.4 Å². The Labute approximate surface area is 105 Å². The summed E-state index contributed by atoms with van der Waals surface area (Å²) in [5, 5.41) is 17.4. The Hall–Kier alpha value is -1.82. The highest BCUT2D eigenvalue weighted by Crippen LogP contribution is 2.30. The molecule has 1 aromatic carbocycles. The lowest BCUT2D eigenvalue weighted by Crippen LogP contribution is -2.22. The first kappa shape index (κ1) is 12.6. The number of nitrogens with zero attached hydrogens (tertiary/aromatic N) is 1. The fourth-order valence-electron chi connectivity index (χ4n) is 2.04. The van der Waals surface area contributed by atoms with Crippen molar-refractivity contribution in [3.8, 4) is 5.75 Å².